The second-order valence-electron chi connectivity index (χ2n) is 8.06. The van der Waals surface area contributed by atoms with E-state index in [1.165, 1.54) is 31.1 Å². The molecule has 0 aromatic carbocycles. The van der Waals surface area contributed by atoms with Crippen LogP contribution < -0.4 is 5.73 Å². The molecule has 2 saturated heterocycles. The molecule has 0 amide bonds. The van der Waals surface area contributed by atoms with Crippen LogP contribution in [0.2, 0.25) is 0 Å². The van der Waals surface area contributed by atoms with Gasteiger partial charge < -0.3 is 10.6 Å². The third-order valence-corrected chi connectivity index (χ3v) is 6.00. The topological polar surface area (TPSA) is 35.7 Å². The number of hydrogen-bond donors (Lipinski definition) is 1. The first-order chi connectivity index (χ1) is 10.1. The average molecular weight is 296 g/mol. The van der Waals surface area contributed by atoms with Crippen LogP contribution in [-0.4, -0.2) is 71.3 Å². The van der Waals surface area contributed by atoms with Crippen LogP contribution >= 0.6 is 0 Å². The van der Waals surface area contributed by atoms with Gasteiger partial charge in [-0.2, -0.15) is 0 Å². The molecule has 0 bridgehead atoms. The molecule has 1 atom stereocenters. The zero-order chi connectivity index (χ0) is 14.5. The molecule has 2 aliphatic heterocycles. The van der Waals surface area contributed by atoms with Crippen LogP contribution in [0.15, 0.2) is 0 Å². The van der Waals surface area contributed by atoms with Gasteiger partial charge in [-0.3, -0.25) is 4.90 Å². The lowest BCUT2D eigenvalue weighted by atomic mass is 10.1. The SMILES string of the molecule is NC1(CN2CCC(N(F)C3(CN4CCCC4)CC3)C2)CC1. The maximum atomic E-state index is 15.0. The molecule has 0 radical (unpaired) electrons. The third kappa shape index (κ3) is 2.98. The summed E-state index contributed by atoms with van der Waals surface area (Å²) in [6.45, 7) is 6.14. The van der Waals surface area contributed by atoms with Crippen molar-refractivity contribution in [2.45, 2.75) is 62.1 Å². The highest BCUT2D eigenvalue weighted by molar-refractivity contribution is 5.07. The Morgan fingerprint density at radius 3 is 2.33 bits per heavy atom. The van der Waals surface area contributed by atoms with Gasteiger partial charge in [-0.25, -0.2) is 0 Å². The molecule has 120 valence electrons. The number of halogens is 1. The van der Waals surface area contributed by atoms with E-state index in [4.69, 9.17) is 5.73 Å². The summed E-state index contributed by atoms with van der Waals surface area (Å²) in [4.78, 5) is 4.85. The minimum atomic E-state index is -0.148. The van der Waals surface area contributed by atoms with E-state index in [0.29, 0.717) is 0 Å². The summed E-state index contributed by atoms with van der Waals surface area (Å²) < 4.78 is 15.0. The predicted molar refractivity (Wildman–Crippen MR) is 81.6 cm³/mol. The van der Waals surface area contributed by atoms with Crippen LogP contribution in [0.25, 0.3) is 0 Å². The molecule has 2 aliphatic carbocycles. The lowest BCUT2D eigenvalue weighted by Gasteiger charge is -2.32. The summed E-state index contributed by atoms with van der Waals surface area (Å²) in [6, 6.07) is 0.0949. The Labute approximate surface area is 127 Å². The zero-order valence-electron chi connectivity index (χ0n) is 13.1. The highest BCUT2D eigenvalue weighted by Crippen LogP contribution is 2.45. The van der Waals surface area contributed by atoms with E-state index in [0.717, 1.165) is 58.3 Å². The Balaban J connectivity index is 1.31. The first kappa shape index (κ1) is 14.4. The fraction of sp³-hybridized carbons (Fsp3) is 1.00. The molecule has 5 heteroatoms. The summed E-state index contributed by atoms with van der Waals surface area (Å²) in [6.07, 6.45) is 7.91. The van der Waals surface area contributed by atoms with Gasteiger partial charge in [0.1, 0.15) is 0 Å². The van der Waals surface area contributed by atoms with Crippen LogP contribution in [0, 0.1) is 0 Å². The van der Waals surface area contributed by atoms with Crippen molar-refractivity contribution in [3.05, 3.63) is 0 Å². The Morgan fingerprint density at radius 2 is 1.71 bits per heavy atom. The first-order valence-corrected chi connectivity index (χ1v) is 8.77. The molecule has 1 unspecified atom stereocenters. The van der Waals surface area contributed by atoms with Gasteiger partial charge in [0.25, 0.3) is 0 Å². The van der Waals surface area contributed by atoms with Crippen molar-refractivity contribution in [3.8, 4) is 0 Å². The summed E-state index contributed by atoms with van der Waals surface area (Å²) >= 11 is 0. The Kier molecular flexibility index (Phi) is 3.52. The van der Waals surface area contributed by atoms with Crippen molar-refractivity contribution in [3.63, 3.8) is 0 Å². The molecule has 0 aromatic heterocycles. The molecule has 21 heavy (non-hydrogen) atoms. The second kappa shape index (κ2) is 5.15. The summed E-state index contributed by atoms with van der Waals surface area (Å²) in [7, 11) is 0. The molecule has 4 nitrogen and oxygen atoms in total. The number of likely N-dealkylation sites (tertiary alicyclic amines) is 2. The van der Waals surface area contributed by atoms with Crippen LogP contribution in [-0.2, 0) is 0 Å². The zero-order valence-corrected chi connectivity index (χ0v) is 13.1. The van der Waals surface area contributed by atoms with E-state index in [-0.39, 0.29) is 17.1 Å². The van der Waals surface area contributed by atoms with E-state index in [2.05, 4.69) is 9.80 Å². The largest absolute Gasteiger partial charge is 0.324 e. The maximum Gasteiger partial charge on any atom is 0.0644 e. The number of nitrogens with zero attached hydrogens (tertiary/aromatic N) is 3. The number of rotatable bonds is 6. The van der Waals surface area contributed by atoms with E-state index in [9.17, 15) is 4.48 Å². The molecule has 0 aromatic rings. The molecule has 4 aliphatic rings. The average Bonchev–Trinajstić information content (AvgIpc) is 3.24. The number of hydrogen-bond acceptors (Lipinski definition) is 4. The van der Waals surface area contributed by atoms with Gasteiger partial charge in [0.05, 0.1) is 11.6 Å². The maximum absolute atomic E-state index is 15.0. The van der Waals surface area contributed by atoms with Crippen molar-refractivity contribution in [2.75, 3.05) is 39.3 Å². The van der Waals surface area contributed by atoms with Crippen molar-refractivity contribution in [1.82, 2.24) is 14.9 Å². The van der Waals surface area contributed by atoms with Gasteiger partial charge in [-0.05, 0) is 64.6 Å². The fourth-order valence-corrected chi connectivity index (χ4v) is 4.23. The van der Waals surface area contributed by atoms with Crippen LogP contribution in [0.3, 0.4) is 0 Å². The van der Waals surface area contributed by atoms with Gasteiger partial charge in [0.2, 0.25) is 0 Å². The van der Waals surface area contributed by atoms with Crippen molar-refractivity contribution < 1.29 is 4.48 Å². The minimum Gasteiger partial charge on any atom is -0.324 e. The monoisotopic (exact) mass is 296 g/mol. The van der Waals surface area contributed by atoms with E-state index in [1.54, 1.807) is 0 Å². The van der Waals surface area contributed by atoms with E-state index < -0.39 is 0 Å². The Morgan fingerprint density at radius 1 is 1.00 bits per heavy atom. The van der Waals surface area contributed by atoms with Crippen molar-refractivity contribution in [1.29, 1.82) is 0 Å². The van der Waals surface area contributed by atoms with Gasteiger partial charge in [0.15, 0.2) is 0 Å². The van der Waals surface area contributed by atoms with Crippen molar-refractivity contribution >= 4 is 0 Å². The van der Waals surface area contributed by atoms with Crippen LogP contribution in [0.1, 0.15) is 44.9 Å². The lowest BCUT2D eigenvalue weighted by molar-refractivity contribution is -0.0821. The predicted octanol–water partition coefficient (Wildman–Crippen LogP) is 1.37. The minimum absolute atomic E-state index is 0.0584. The molecular weight excluding hydrogens is 267 g/mol. The van der Waals surface area contributed by atoms with E-state index in [1.807, 2.05) is 0 Å². The molecule has 4 rings (SSSR count). The standard InChI is InChI=1S/C16H29FN4/c17-21(16(6-7-16)13-19-8-1-2-9-19)14-3-10-20(11-14)12-15(18)4-5-15/h14H,1-13,18H2. The summed E-state index contributed by atoms with van der Waals surface area (Å²) in [5.74, 6) is 0. The molecule has 2 N–H and O–H groups in total. The smallest absolute Gasteiger partial charge is 0.0644 e. The third-order valence-electron chi connectivity index (χ3n) is 6.00. The van der Waals surface area contributed by atoms with Crippen molar-refractivity contribution in [2.24, 2.45) is 5.73 Å². The van der Waals surface area contributed by atoms with Gasteiger partial charge >= 0.3 is 0 Å². The van der Waals surface area contributed by atoms with Crippen LogP contribution in [0.4, 0.5) is 4.48 Å². The van der Waals surface area contributed by atoms with Gasteiger partial charge in [-0.15, -0.1) is 9.60 Å². The second-order valence-corrected chi connectivity index (χ2v) is 8.06. The lowest BCUT2D eigenvalue weighted by Crippen LogP contribution is -2.47. The fourth-order valence-electron chi connectivity index (χ4n) is 4.23. The molecule has 0 spiro atoms. The highest BCUT2D eigenvalue weighted by atomic mass is 19.2. The number of nitrogens with two attached hydrogens (primary N) is 1. The Bertz CT molecular complexity index is 388. The quantitative estimate of drug-likeness (QED) is 0.751. The molecule has 2 heterocycles. The highest BCUT2D eigenvalue weighted by Gasteiger charge is 2.53. The molecule has 2 saturated carbocycles. The summed E-state index contributed by atoms with van der Waals surface area (Å²) in [5, 5.41) is 1.25. The Hall–Kier alpha value is -0.230. The summed E-state index contributed by atoms with van der Waals surface area (Å²) in [5.41, 5.74) is 6.11. The normalized spacial score (nSPS) is 34.7. The molecular formula is C16H29FN4. The van der Waals surface area contributed by atoms with Gasteiger partial charge in [-0.1, -0.05) is 0 Å². The molecule has 4 fully saturated rings. The van der Waals surface area contributed by atoms with Gasteiger partial charge in [0, 0.05) is 25.2 Å². The van der Waals surface area contributed by atoms with E-state index >= 15 is 0 Å². The van der Waals surface area contributed by atoms with Crippen LogP contribution in [0.5, 0.6) is 0 Å². The first-order valence-electron chi connectivity index (χ1n) is 8.77.